The van der Waals surface area contributed by atoms with Gasteiger partial charge in [-0.15, -0.1) is 5.10 Å². The molecule has 0 spiro atoms. The van der Waals surface area contributed by atoms with Crippen LogP contribution in [0.2, 0.25) is 5.15 Å². The molecule has 8 nitrogen and oxygen atoms in total. The van der Waals surface area contributed by atoms with Gasteiger partial charge in [0, 0.05) is 6.20 Å². The van der Waals surface area contributed by atoms with Gasteiger partial charge in [0.15, 0.2) is 11.3 Å². The van der Waals surface area contributed by atoms with Crippen LogP contribution in [0.15, 0.2) is 24.4 Å². The Morgan fingerprint density at radius 2 is 2.15 bits per heavy atom. The van der Waals surface area contributed by atoms with Crippen molar-refractivity contribution in [1.82, 2.24) is 34.8 Å². The summed E-state index contributed by atoms with van der Waals surface area (Å²) in [4.78, 5) is 12.8. The van der Waals surface area contributed by atoms with Gasteiger partial charge in [-0.2, -0.15) is 14.6 Å². The van der Waals surface area contributed by atoms with Gasteiger partial charge in [0.25, 0.3) is 0 Å². The van der Waals surface area contributed by atoms with Gasteiger partial charge >= 0.3 is 0 Å². The number of aromatic amines is 1. The second-order valence-electron chi connectivity index (χ2n) is 4.09. The molecule has 0 unspecified atom stereocenters. The summed E-state index contributed by atoms with van der Waals surface area (Å²) in [6.45, 7) is 0. The third kappa shape index (κ3) is 1.45. The second-order valence-corrected chi connectivity index (χ2v) is 4.47. The summed E-state index contributed by atoms with van der Waals surface area (Å²) in [6, 6.07) is 5.49. The van der Waals surface area contributed by atoms with E-state index in [1.807, 2.05) is 18.2 Å². The monoisotopic (exact) mass is 286 g/mol. The van der Waals surface area contributed by atoms with Crippen molar-refractivity contribution in [3.63, 3.8) is 0 Å². The molecule has 4 aromatic heterocycles. The van der Waals surface area contributed by atoms with Crippen LogP contribution >= 0.6 is 11.6 Å². The first kappa shape index (κ1) is 11.1. The van der Waals surface area contributed by atoms with E-state index in [9.17, 15) is 0 Å². The van der Waals surface area contributed by atoms with Gasteiger partial charge in [0.1, 0.15) is 16.2 Å². The molecule has 0 saturated carbocycles. The molecule has 0 radical (unpaired) electrons. The van der Waals surface area contributed by atoms with Crippen molar-refractivity contribution >= 4 is 34.2 Å². The lowest BCUT2D eigenvalue weighted by atomic mass is 10.3. The zero-order chi connectivity index (χ0) is 13.7. The van der Waals surface area contributed by atoms with E-state index in [4.69, 9.17) is 17.3 Å². The Kier molecular flexibility index (Phi) is 2.15. The predicted octanol–water partition coefficient (Wildman–Crippen LogP) is 1.30. The fourth-order valence-corrected chi connectivity index (χ4v) is 2.20. The van der Waals surface area contributed by atoms with Gasteiger partial charge in [-0.3, -0.25) is 10.1 Å². The molecule has 9 heteroatoms. The van der Waals surface area contributed by atoms with Crippen molar-refractivity contribution < 1.29 is 0 Å². The van der Waals surface area contributed by atoms with Gasteiger partial charge in [-0.25, -0.2) is 4.98 Å². The average molecular weight is 287 g/mol. The van der Waals surface area contributed by atoms with Crippen LogP contribution in [0.5, 0.6) is 0 Å². The number of nitrogens with zero attached hydrogens (tertiary/aromatic N) is 6. The first-order valence-electron chi connectivity index (χ1n) is 5.71. The molecule has 0 aliphatic carbocycles. The highest BCUT2D eigenvalue weighted by atomic mass is 35.5. The van der Waals surface area contributed by atoms with Crippen LogP contribution in [0, 0.1) is 0 Å². The standard InChI is InChI=1S/C11H7ClN8/c12-7-6-9(18-17-7)16-11(13)20-10(6)15-8(19-20)5-3-1-2-4-14-5/h1-4H,(H3,13,16,17,18). The Balaban J connectivity index is 2.10. The Morgan fingerprint density at radius 3 is 2.95 bits per heavy atom. The summed E-state index contributed by atoms with van der Waals surface area (Å²) in [5, 5.41) is 11.8. The Hall–Kier alpha value is -2.74. The number of rotatable bonds is 1. The Morgan fingerprint density at radius 1 is 1.25 bits per heavy atom. The molecule has 0 fully saturated rings. The lowest BCUT2D eigenvalue weighted by Gasteiger charge is -1.96. The molecule has 4 rings (SSSR count). The van der Waals surface area contributed by atoms with E-state index >= 15 is 0 Å². The molecule has 20 heavy (non-hydrogen) atoms. The molecule has 98 valence electrons. The number of halogens is 1. The van der Waals surface area contributed by atoms with Crippen molar-refractivity contribution in [1.29, 1.82) is 0 Å². The van der Waals surface area contributed by atoms with Gasteiger partial charge in [0.2, 0.25) is 11.8 Å². The van der Waals surface area contributed by atoms with E-state index in [-0.39, 0.29) is 5.95 Å². The highest BCUT2D eigenvalue weighted by molar-refractivity contribution is 6.35. The molecule has 0 aliphatic rings. The van der Waals surface area contributed by atoms with E-state index in [0.29, 0.717) is 33.4 Å². The summed E-state index contributed by atoms with van der Waals surface area (Å²) in [5.74, 6) is 0.634. The second kappa shape index (κ2) is 3.87. The van der Waals surface area contributed by atoms with E-state index in [2.05, 4.69) is 30.2 Å². The lowest BCUT2D eigenvalue weighted by Crippen LogP contribution is -2.02. The van der Waals surface area contributed by atoms with Gasteiger partial charge in [-0.05, 0) is 12.1 Å². The normalized spacial score (nSPS) is 11.4. The fraction of sp³-hybridized carbons (Fsp3) is 0. The smallest absolute Gasteiger partial charge is 0.225 e. The maximum atomic E-state index is 6.06. The van der Waals surface area contributed by atoms with Crippen molar-refractivity contribution in [3.8, 4) is 11.5 Å². The van der Waals surface area contributed by atoms with Crippen LogP contribution in [-0.4, -0.2) is 34.8 Å². The van der Waals surface area contributed by atoms with E-state index in [1.54, 1.807) is 6.20 Å². The molecule has 0 saturated heterocycles. The Labute approximate surface area is 116 Å². The molecule has 0 aliphatic heterocycles. The van der Waals surface area contributed by atoms with E-state index < -0.39 is 0 Å². The maximum Gasteiger partial charge on any atom is 0.225 e. The molecule has 0 amide bonds. The summed E-state index contributed by atoms with van der Waals surface area (Å²) >= 11 is 6.06. The van der Waals surface area contributed by atoms with Crippen molar-refractivity contribution in [3.05, 3.63) is 29.5 Å². The van der Waals surface area contributed by atoms with Crippen LogP contribution in [-0.2, 0) is 0 Å². The van der Waals surface area contributed by atoms with Gasteiger partial charge in [-0.1, -0.05) is 17.7 Å². The Bertz CT molecular complexity index is 926. The number of fused-ring (bicyclic) bond motifs is 3. The molecule has 3 N–H and O–H groups in total. The third-order valence-corrected chi connectivity index (χ3v) is 3.14. The van der Waals surface area contributed by atoms with Crippen LogP contribution in [0.3, 0.4) is 0 Å². The van der Waals surface area contributed by atoms with Crippen LogP contribution in [0.25, 0.3) is 28.2 Å². The molecular formula is C11H7ClN8. The van der Waals surface area contributed by atoms with Crippen LogP contribution in [0.1, 0.15) is 0 Å². The number of nitrogens with two attached hydrogens (primary N) is 1. The van der Waals surface area contributed by atoms with Crippen LogP contribution in [0.4, 0.5) is 5.95 Å². The number of hydrogen-bond acceptors (Lipinski definition) is 6. The average Bonchev–Trinajstić information content (AvgIpc) is 3.04. The summed E-state index contributed by atoms with van der Waals surface area (Å²) < 4.78 is 1.42. The summed E-state index contributed by atoms with van der Waals surface area (Å²) in [7, 11) is 0. The largest absolute Gasteiger partial charge is 0.368 e. The number of aromatic nitrogens is 7. The molecule has 4 heterocycles. The molecule has 0 aromatic carbocycles. The van der Waals surface area contributed by atoms with Crippen molar-refractivity contribution in [2.24, 2.45) is 0 Å². The predicted molar refractivity (Wildman–Crippen MR) is 73.1 cm³/mol. The highest BCUT2D eigenvalue weighted by Gasteiger charge is 2.17. The fourth-order valence-electron chi connectivity index (χ4n) is 1.98. The third-order valence-electron chi connectivity index (χ3n) is 2.87. The van der Waals surface area contributed by atoms with E-state index in [1.165, 1.54) is 4.52 Å². The zero-order valence-electron chi connectivity index (χ0n) is 9.95. The summed E-state index contributed by atoms with van der Waals surface area (Å²) in [6.07, 6.45) is 1.67. The minimum atomic E-state index is 0.186. The van der Waals surface area contributed by atoms with E-state index in [0.717, 1.165) is 0 Å². The number of anilines is 1. The van der Waals surface area contributed by atoms with Crippen molar-refractivity contribution in [2.45, 2.75) is 0 Å². The molecule has 0 bridgehead atoms. The zero-order valence-corrected chi connectivity index (χ0v) is 10.7. The molecule has 4 aromatic rings. The first-order valence-corrected chi connectivity index (χ1v) is 6.09. The quantitative estimate of drug-likeness (QED) is 0.545. The number of nitrogen functional groups attached to an aromatic ring is 1. The first-order chi connectivity index (χ1) is 9.74. The number of pyridine rings is 1. The highest BCUT2D eigenvalue weighted by Crippen LogP contribution is 2.26. The minimum absolute atomic E-state index is 0.186. The topological polar surface area (TPSA) is 111 Å². The number of nitrogens with one attached hydrogen (secondary N) is 1. The van der Waals surface area contributed by atoms with Crippen molar-refractivity contribution in [2.75, 3.05) is 5.73 Å². The van der Waals surface area contributed by atoms with Crippen LogP contribution < -0.4 is 5.73 Å². The SMILES string of the molecule is Nc1nc2n[nH]c(Cl)c2c2nc(-c3ccccn3)nn12. The molecule has 0 atom stereocenters. The van der Waals surface area contributed by atoms with Gasteiger partial charge in [0.05, 0.1) is 0 Å². The summed E-state index contributed by atoms with van der Waals surface area (Å²) in [5.41, 5.74) is 7.39. The maximum absolute atomic E-state index is 6.06. The number of hydrogen-bond donors (Lipinski definition) is 2. The number of H-pyrrole nitrogens is 1. The molecular weight excluding hydrogens is 280 g/mol. The van der Waals surface area contributed by atoms with Gasteiger partial charge < -0.3 is 5.73 Å². The lowest BCUT2D eigenvalue weighted by molar-refractivity contribution is 0.948. The minimum Gasteiger partial charge on any atom is -0.368 e.